The monoisotopic (exact) mass is 446 g/mol. The molecule has 1 amide bonds. The van der Waals surface area contributed by atoms with Crippen LogP contribution in [0.3, 0.4) is 0 Å². The van der Waals surface area contributed by atoms with Crippen LogP contribution in [-0.4, -0.2) is 26.6 Å². The average molecular weight is 447 g/mol. The molecule has 0 radical (unpaired) electrons. The quantitative estimate of drug-likeness (QED) is 0.298. The van der Waals surface area contributed by atoms with Crippen LogP contribution in [0, 0.1) is 13.8 Å². The van der Waals surface area contributed by atoms with Crippen molar-refractivity contribution >= 4 is 34.1 Å². The lowest BCUT2D eigenvalue weighted by molar-refractivity contribution is -0.113. The highest BCUT2D eigenvalue weighted by molar-refractivity contribution is 7.99. The zero-order valence-corrected chi connectivity index (χ0v) is 19.0. The fourth-order valence-corrected chi connectivity index (χ4v) is 4.75. The minimum absolute atomic E-state index is 0.110. The predicted octanol–water partition coefficient (Wildman–Crippen LogP) is 5.54. The van der Waals surface area contributed by atoms with Crippen molar-refractivity contribution in [2.24, 2.45) is 0 Å². The van der Waals surface area contributed by atoms with E-state index in [0.29, 0.717) is 10.3 Å². The Morgan fingerprint density at radius 3 is 2.35 bits per heavy atom. The minimum Gasteiger partial charge on any atom is -0.301 e. The summed E-state index contributed by atoms with van der Waals surface area (Å²) in [7, 11) is 0. The number of amides is 1. The molecule has 5 nitrogen and oxygen atoms in total. The number of carbonyl (C=O) groups is 1. The fraction of sp³-hybridized carbons (Fsp3) is 0.167. The lowest BCUT2D eigenvalue weighted by Gasteiger charge is -2.04. The van der Waals surface area contributed by atoms with Crippen molar-refractivity contribution in [1.29, 1.82) is 0 Å². The standard InChI is InChI=1S/C24H22N4OS2/c1-16-12-17(2)27-24(26-16)30-15-22(29)28-23-25-14-21(31-23)13-18-8-10-20(11-9-18)19-6-4-3-5-7-19/h3-12,14H,13,15H2,1-2H3,(H,25,28,29). The normalized spacial score (nSPS) is 10.8. The smallest absolute Gasteiger partial charge is 0.236 e. The van der Waals surface area contributed by atoms with Gasteiger partial charge in [-0.2, -0.15) is 0 Å². The summed E-state index contributed by atoms with van der Waals surface area (Å²) in [6.45, 7) is 3.84. The first-order valence-electron chi connectivity index (χ1n) is 9.89. The minimum atomic E-state index is -0.110. The van der Waals surface area contributed by atoms with E-state index in [-0.39, 0.29) is 11.7 Å². The van der Waals surface area contributed by atoms with E-state index in [4.69, 9.17) is 0 Å². The summed E-state index contributed by atoms with van der Waals surface area (Å²) >= 11 is 2.83. The molecule has 2 aromatic carbocycles. The Labute approximate surface area is 190 Å². The second-order valence-electron chi connectivity index (χ2n) is 7.14. The molecule has 31 heavy (non-hydrogen) atoms. The number of thioether (sulfide) groups is 1. The molecule has 4 rings (SSSR count). The van der Waals surface area contributed by atoms with Gasteiger partial charge in [-0.15, -0.1) is 11.3 Å². The summed E-state index contributed by atoms with van der Waals surface area (Å²) in [5.74, 6) is 0.138. The van der Waals surface area contributed by atoms with Gasteiger partial charge in [-0.1, -0.05) is 66.4 Å². The SMILES string of the molecule is Cc1cc(C)nc(SCC(=O)Nc2ncc(Cc3ccc(-c4ccccc4)cc3)s2)n1. The van der Waals surface area contributed by atoms with Gasteiger partial charge in [-0.25, -0.2) is 15.0 Å². The van der Waals surface area contributed by atoms with Gasteiger partial charge in [0.25, 0.3) is 0 Å². The van der Waals surface area contributed by atoms with Gasteiger partial charge in [0, 0.05) is 28.9 Å². The molecule has 0 aliphatic rings. The number of aryl methyl sites for hydroxylation is 2. The molecule has 156 valence electrons. The van der Waals surface area contributed by atoms with Crippen LogP contribution in [0.5, 0.6) is 0 Å². The number of hydrogen-bond acceptors (Lipinski definition) is 6. The molecule has 0 spiro atoms. The van der Waals surface area contributed by atoms with E-state index in [2.05, 4.69) is 56.7 Å². The molecule has 4 aromatic rings. The zero-order valence-electron chi connectivity index (χ0n) is 17.3. The van der Waals surface area contributed by atoms with Crippen molar-refractivity contribution in [3.63, 3.8) is 0 Å². The fourth-order valence-electron chi connectivity index (χ4n) is 3.14. The number of nitrogens with one attached hydrogen (secondary N) is 1. The number of anilines is 1. The zero-order chi connectivity index (χ0) is 21.6. The summed E-state index contributed by atoms with van der Waals surface area (Å²) < 4.78 is 0. The third kappa shape index (κ3) is 5.99. The Morgan fingerprint density at radius 1 is 0.968 bits per heavy atom. The average Bonchev–Trinajstić information content (AvgIpc) is 3.19. The van der Waals surface area contributed by atoms with Crippen LogP contribution in [0.1, 0.15) is 21.8 Å². The predicted molar refractivity (Wildman–Crippen MR) is 128 cm³/mol. The van der Waals surface area contributed by atoms with Gasteiger partial charge in [0.1, 0.15) is 0 Å². The number of rotatable bonds is 7. The second kappa shape index (κ2) is 9.85. The van der Waals surface area contributed by atoms with Crippen LogP contribution in [-0.2, 0) is 11.2 Å². The number of aromatic nitrogens is 3. The van der Waals surface area contributed by atoms with Gasteiger partial charge in [0.15, 0.2) is 10.3 Å². The number of carbonyl (C=O) groups excluding carboxylic acids is 1. The van der Waals surface area contributed by atoms with Crippen LogP contribution in [0.2, 0.25) is 0 Å². The molecule has 0 atom stereocenters. The Kier molecular flexibility index (Phi) is 6.74. The van der Waals surface area contributed by atoms with Crippen LogP contribution >= 0.6 is 23.1 Å². The van der Waals surface area contributed by atoms with Crippen molar-refractivity contribution in [2.45, 2.75) is 25.4 Å². The molecule has 0 saturated heterocycles. The maximum Gasteiger partial charge on any atom is 0.236 e. The molecular weight excluding hydrogens is 424 g/mol. The molecule has 0 aliphatic heterocycles. The summed E-state index contributed by atoms with van der Waals surface area (Å²) in [6, 6.07) is 20.8. The first kappa shape index (κ1) is 21.2. The van der Waals surface area contributed by atoms with E-state index in [1.807, 2.05) is 44.3 Å². The van der Waals surface area contributed by atoms with Crippen LogP contribution < -0.4 is 5.32 Å². The summed E-state index contributed by atoms with van der Waals surface area (Å²) in [5.41, 5.74) is 5.42. The second-order valence-corrected chi connectivity index (χ2v) is 9.20. The number of hydrogen-bond donors (Lipinski definition) is 1. The topological polar surface area (TPSA) is 67.8 Å². The van der Waals surface area contributed by atoms with E-state index in [1.54, 1.807) is 0 Å². The van der Waals surface area contributed by atoms with Gasteiger partial charge in [0.05, 0.1) is 5.75 Å². The largest absolute Gasteiger partial charge is 0.301 e. The van der Waals surface area contributed by atoms with Crippen LogP contribution in [0.4, 0.5) is 5.13 Å². The van der Waals surface area contributed by atoms with E-state index in [9.17, 15) is 4.79 Å². The molecule has 7 heteroatoms. The molecule has 0 aliphatic carbocycles. The lowest BCUT2D eigenvalue weighted by atomic mass is 10.0. The first-order valence-corrected chi connectivity index (χ1v) is 11.7. The van der Waals surface area contributed by atoms with Crippen LogP contribution in [0.25, 0.3) is 11.1 Å². The van der Waals surface area contributed by atoms with E-state index in [0.717, 1.165) is 22.7 Å². The maximum atomic E-state index is 12.3. The van der Waals surface area contributed by atoms with Crippen molar-refractivity contribution in [3.8, 4) is 11.1 Å². The number of benzene rings is 2. The van der Waals surface area contributed by atoms with Crippen molar-refractivity contribution in [1.82, 2.24) is 15.0 Å². The van der Waals surface area contributed by atoms with Gasteiger partial charge in [0.2, 0.25) is 5.91 Å². The maximum absolute atomic E-state index is 12.3. The van der Waals surface area contributed by atoms with Gasteiger partial charge in [-0.3, -0.25) is 4.79 Å². The lowest BCUT2D eigenvalue weighted by Crippen LogP contribution is -2.14. The summed E-state index contributed by atoms with van der Waals surface area (Å²) in [6.07, 6.45) is 2.61. The molecule has 2 aromatic heterocycles. The van der Waals surface area contributed by atoms with Gasteiger partial charge < -0.3 is 5.32 Å². The Morgan fingerprint density at radius 2 is 1.65 bits per heavy atom. The third-order valence-electron chi connectivity index (χ3n) is 4.53. The third-order valence-corrected chi connectivity index (χ3v) is 6.29. The molecule has 0 saturated carbocycles. The molecule has 0 unspecified atom stereocenters. The highest BCUT2D eigenvalue weighted by Crippen LogP contribution is 2.24. The number of thiazole rings is 1. The molecular formula is C24H22N4OS2. The van der Waals surface area contributed by atoms with E-state index >= 15 is 0 Å². The Bertz CT molecular complexity index is 1150. The van der Waals surface area contributed by atoms with Gasteiger partial charge in [-0.05, 0) is 36.6 Å². The van der Waals surface area contributed by atoms with E-state index in [1.165, 1.54) is 39.8 Å². The van der Waals surface area contributed by atoms with Crippen molar-refractivity contribution < 1.29 is 4.79 Å². The van der Waals surface area contributed by atoms with Gasteiger partial charge >= 0.3 is 0 Å². The molecule has 2 heterocycles. The van der Waals surface area contributed by atoms with Crippen molar-refractivity contribution in [3.05, 3.63) is 88.7 Å². The summed E-state index contributed by atoms with van der Waals surface area (Å²) in [4.78, 5) is 26.4. The van der Waals surface area contributed by atoms with Crippen molar-refractivity contribution in [2.75, 3.05) is 11.1 Å². The highest BCUT2D eigenvalue weighted by Gasteiger charge is 2.10. The Hall–Kier alpha value is -3.03. The first-order chi connectivity index (χ1) is 15.0. The summed E-state index contributed by atoms with van der Waals surface area (Å²) in [5, 5.41) is 4.10. The number of nitrogens with zero attached hydrogens (tertiary/aromatic N) is 3. The Balaban J connectivity index is 1.31. The van der Waals surface area contributed by atoms with E-state index < -0.39 is 0 Å². The molecule has 1 N–H and O–H groups in total. The molecule has 0 bridgehead atoms. The highest BCUT2D eigenvalue weighted by atomic mass is 32.2. The molecule has 0 fully saturated rings. The van der Waals surface area contributed by atoms with Crippen LogP contribution in [0.15, 0.2) is 72.0 Å².